The number of carbonyl (C=O) groups excluding carboxylic acids is 1. The van der Waals surface area contributed by atoms with E-state index in [-0.39, 0.29) is 11.3 Å². The summed E-state index contributed by atoms with van der Waals surface area (Å²) in [6.07, 6.45) is 7.79. The monoisotopic (exact) mass is 443 g/mol. The second kappa shape index (κ2) is 11.0. The van der Waals surface area contributed by atoms with E-state index in [1.807, 2.05) is 0 Å². The number of carbonyl (C=O) groups is 1. The van der Waals surface area contributed by atoms with Crippen LogP contribution in [0.4, 0.5) is 0 Å². The molecule has 5 heteroatoms. The van der Waals surface area contributed by atoms with Gasteiger partial charge in [0, 0.05) is 36.0 Å². The first-order valence-corrected chi connectivity index (χ1v) is 12.3. The van der Waals surface area contributed by atoms with Crippen LogP contribution in [-0.2, 0) is 15.9 Å². The largest absolute Gasteiger partial charge is 0.388 e. The van der Waals surface area contributed by atoms with Gasteiger partial charge in [-0.3, -0.25) is 9.78 Å². The van der Waals surface area contributed by atoms with Crippen molar-refractivity contribution in [1.29, 1.82) is 0 Å². The summed E-state index contributed by atoms with van der Waals surface area (Å²) in [4.78, 5) is 17.2. The van der Waals surface area contributed by atoms with Gasteiger partial charge in [0.05, 0.1) is 25.0 Å². The van der Waals surface area contributed by atoms with Crippen molar-refractivity contribution in [3.05, 3.63) is 34.2 Å². The summed E-state index contributed by atoms with van der Waals surface area (Å²) >= 11 is 0. The van der Waals surface area contributed by atoms with Gasteiger partial charge in [-0.05, 0) is 54.6 Å². The second-order valence-electron chi connectivity index (χ2n) is 10.6. The number of pyridine rings is 1. The lowest BCUT2D eigenvalue weighted by molar-refractivity contribution is 0.0829. The van der Waals surface area contributed by atoms with Crippen molar-refractivity contribution in [3.8, 4) is 0 Å². The molecule has 4 rings (SSSR count). The average molecular weight is 444 g/mol. The molecule has 5 nitrogen and oxygen atoms in total. The van der Waals surface area contributed by atoms with Crippen LogP contribution in [-0.4, -0.2) is 42.8 Å². The van der Waals surface area contributed by atoms with Crippen LogP contribution in [0.2, 0.25) is 0 Å². The fourth-order valence-electron chi connectivity index (χ4n) is 4.83. The number of aliphatic hydroxyl groups excluding tert-OH is 1. The zero-order valence-electron chi connectivity index (χ0n) is 20.6. The molecule has 1 saturated heterocycles. The summed E-state index contributed by atoms with van der Waals surface area (Å²) in [5.41, 5.74) is 5.47. The number of rotatable bonds is 4. The third kappa shape index (κ3) is 5.86. The number of hydrogen-bond acceptors (Lipinski definition) is 5. The Balaban J connectivity index is 0.000000523. The van der Waals surface area contributed by atoms with Crippen LogP contribution in [0.1, 0.15) is 112 Å². The minimum atomic E-state index is -0.586. The zero-order chi connectivity index (χ0) is 23.3. The van der Waals surface area contributed by atoms with Crippen LogP contribution in [0.15, 0.2) is 6.08 Å². The summed E-state index contributed by atoms with van der Waals surface area (Å²) in [7, 11) is 0. The zero-order valence-corrected chi connectivity index (χ0v) is 20.6. The second-order valence-corrected chi connectivity index (χ2v) is 10.6. The first kappa shape index (κ1) is 25.1. The Bertz CT molecular complexity index is 821. The normalized spacial score (nSPS) is 23.1. The van der Waals surface area contributed by atoms with Crippen LogP contribution in [0.25, 0.3) is 5.57 Å². The van der Waals surface area contributed by atoms with Gasteiger partial charge in [-0.25, -0.2) is 0 Å². The average Bonchev–Trinajstić information content (AvgIpc) is 2.78. The Hall–Kier alpha value is -1.56. The number of hydrogen-bond donors (Lipinski definition) is 1. The van der Waals surface area contributed by atoms with Gasteiger partial charge in [-0.2, -0.15) is 0 Å². The van der Waals surface area contributed by atoms with Crippen molar-refractivity contribution >= 4 is 11.9 Å². The number of fused-ring (bicyclic) bond motifs is 1. The fraction of sp³-hybridized carbons (Fsp3) is 0.704. The van der Waals surface area contributed by atoms with E-state index < -0.39 is 6.10 Å². The van der Waals surface area contributed by atoms with E-state index >= 15 is 0 Å². The third-order valence-electron chi connectivity index (χ3n) is 6.93. The molecule has 1 aromatic rings. The summed E-state index contributed by atoms with van der Waals surface area (Å²) in [5.74, 6) is 1.13. The molecule has 2 aliphatic heterocycles. The summed E-state index contributed by atoms with van der Waals surface area (Å²) < 4.78 is 11.0. The van der Waals surface area contributed by atoms with Gasteiger partial charge < -0.3 is 14.6 Å². The fourth-order valence-corrected chi connectivity index (χ4v) is 4.83. The highest BCUT2D eigenvalue weighted by molar-refractivity contribution is 5.89. The number of aromatic nitrogens is 1. The maximum Gasteiger partial charge on any atom is 0.152 e. The van der Waals surface area contributed by atoms with Crippen molar-refractivity contribution in [2.24, 2.45) is 11.3 Å². The van der Waals surface area contributed by atoms with Crippen LogP contribution < -0.4 is 0 Å². The van der Waals surface area contributed by atoms with Gasteiger partial charge >= 0.3 is 0 Å². The molecule has 0 radical (unpaired) electrons. The van der Waals surface area contributed by atoms with Crippen LogP contribution in [0, 0.1) is 11.3 Å². The molecule has 0 amide bonds. The first-order chi connectivity index (χ1) is 15.3. The molecule has 1 atom stereocenters. The molecule has 3 heterocycles. The maximum atomic E-state index is 12.2. The summed E-state index contributed by atoms with van der Waals surface area (Å²) in [6.45, 7) is 13.6. The highest BCUT2D eigenvalue weighted by Crippen LogP contribution is 2.46. The maximum absolute atomic E-state index is 12.2. The van der Waals surface area contributed by atoms with E-state index in [0.29, 0.717) is 38.4 Å². The lowest BCUT2D eigenvalue weighted by Crippen LogP contribution is -2.30. The topological polar surface area (TPSA) is 68.7 Å². The SMILES string of the molecule is CC1(C)Cc2nc(C3CCOCC3)c(C=O)c(C3=CCOCC3)c2C(O)C1.CCC(C)C. The van der Waals surface area contributed by atoms with Crippen molar-refractivity contribution in [1.82, 2.24) is 4.98 Å². The molecule has 1 N–H and O–H groups in total. The summed E-state index contributed by atoms with van der Waals surface area (Å²) in [5, 5.41) is 11.0. The number of aliphatic hydroxyl groups is 1. The molecule has 1 fully saturated rings. The van der Waals surface area contributed by atoms with Gasteiger partial charge in [0.15, 0.2) is 6.29 Å². The van der Waals surface area contributed by atoms with Crippen molar-refractivity contribution in [3.63, 3.8) is 0 Å². The van der Waals surface area contributed by atoms with E-state index in [1.54, 1.807) is 0 Å². The molecule has 0 aromatic carbocycles. The standard InChI is InChI=1S/C22H29NO4.C5H12/c1-22(2)11-17-20(18(25)12-22)19(14-3-7-26-8-4-14)16(13-24)21(23-17)15-5-9-27-10-6-15;1-4-5(2)3/h3,13,15,18,25H,4-12H2,1-2H3;5H,4H2,1-3H3. The molecule has 0 spiro atoms. The first-order valence-electron chi connectivity index (χ1n) is 12.3. The Morgan fingerprint density at radius 1 is 1.22 bits per heavy atom. The molecule has 0 saturated carbocycles. The van der Waals surface area contributed by atoms with Crippen LogP contribution in [0.5, 0.6) is 0 Å². The quantitative estimate of drug-likeness (QED) is 0.609. The molecule has 178 valence electrons. The van der Waals surface area contributed by atoms with Crippen molar-refractivity contribution in [2.75, 3.05) is 26.4 Å². The van der Waals surface area contributed by atoms with Gasteiger partial charge in [0.2, 0.25) is 0 Å². The third-order valence-corrected chi connectivity index (χ3v) is 6.93. The highest BCUT2D eigenvalue weighted by atomic mass is 16.5. The Kier molecular flexibility index (Phi) is 8.65. The van der Waals surface area contributed by atoms with E-state index in [0.717, 1.165) is 66.0 Å². The van der Waals surface area contributed by atoms with E-state index in [4.69, 9.17) is 14.5 Å². The predicted octanol–water partition coefficient (Wildman–Crippen LogP) is 5.65. The molecular formula is C27H41NO4. The van der Waals surface area contributed by atoms with Crippen molar-refractivity contribution in [2.45, 2.75) is 85.2 Å². The lowest BCUT2D eigenvalue weighted by atomic mass is 9.71. The van der Waals surface area contributed by atoms with Gasteiger partial charge in [0.1, 0.15) is 0 Å². The van der Waals surface area contributed by atoms with E-state index in [9.17, 15) is 9.90 Å². The smallest absolute Gasteiger partial charge is 0.152 e. The number of ether oxygens (including phenoxy) is 2. The number of nitrogens with zero attached hydrogens (tertiary/aromatic N) is 1. The summed E-state index contributed by atoms with van der Waals surface area (Å²) in [6, 6.07) is 0. The van der Waals surface area contributed by atoms with Gasteiger partial charge in [-0.1, -0.05) is 47.1 Å². The molecule has 0 bridgehead atoms. The van der Waals surface area contributed by atoms with Gasteiger partial charge in [0.25, 0.3) is 0 Å². The Morgan fingerprint density at radius 3 is 2.47 bits per heavy atom. The highest BCUT2D eigenvalue weighted by Gasteiger charge is 2.37. The molecule has 3 aliphatic rings. The predicted molar refractivity (Wildman–Crippen MR) is 128 cm³/mol. The molecule has 1 aliphatic carbocycles. The van der Waals surface area contributed by atoms with Crippen molar-refractivity contribution < 1.29 is 19.4 Å². The van der Waals surface area contributed by atoms with Gasteiger partial charge in [-0.15, -0.1) is 0 Å². The van der Waals surface area contributed by atoms with Crippen LogP contribution >= 0.6 is 0 Å². The molecule has 1 aromatic heterocycles. The lowest BCUT2D eigenvalue weighted by Gasteiger charge is -2.37. The Morgan fingerprint density at radius 2 is 1.91 bits per heavy atom. The molecular weight excluding hydrogens is 402 g/mol. The Labute approximate surface area is 193 Å². The minimum Gasteiger partial charge on any atom is -0.388 e. The van der Waals surface area contributed by atoms with E-state index in [2.05, 4.69) is 40.7 Å². The molecule has 1 unspecified atom stereocenters. The number of aldehydes is 1. The van der Waals surface area contributed by atoms with Crippen LogP contribution in [0.3, 0.4) is 0 Å². The molecule has 32 heavy (non-hydrogen) atoms. The minimum absolute atomic E-state index is 0.00359. The van der Waals surface area contributed by atoms with E-state index in [1.165, 1.54) is 6.42 Å².